The smallest absolute Gasteiger partial charge is 0.321 e. The minimum Gasteiger partial charge on any atom is -0.349 e. The van der Waals surface area contributed by atoms with E-state index in [1.165, 1.54) is 12.1 Å². The van der Waals surface area contributed by atoms with E-state index < -0.39 is 5.82 Å². The zero-order valence-corrected chi connectivity index (χ0v) is 14.7. The van der Waals surface area contributed by atoms with Gasteiger partial charge in [0.1, 0.15) is 5.82 Å². The normalized spacial score (nSPS) is 14.8. The number of benzene rings is 2. The molecule has 0 bridgehead atoms. The van der Waals surface area contributed by atoms with Crippen molar-refractivity contribution in [2.75, 3.05) is 18.4 Å². The number of aryl methyl sites for hydroxylation is 1. The lowest BCUT2D eigenvalue weighted by atomic mass is 10.0. The number of likely N-dealkylation sites (tertiary alicyclic amines) is 1. The molecule has 0 radical (unpaired) electrons. The highest BCUT2D eigenvalue weighted by Crippen LogP contribution is 2.16. The molecule has 1 aliphatic heterocycles. The highest BCUT2D eigenvalue weighted by atomic mass is 19.1. The molecule has 3 amide bonds. The average Bonchev–Trinajstić information content (AvgIpc) is 2.64. The van der Waals surface area contributed by atoms with Crippen LogP contribution in [0, 0.1) is 12.7 Å². The van der Waals surface area contributed by atoms with E-state index in [1.807, 2.05) is 25.1 Å². The highest BCUT2D eigenvalue weighted by molar-refractivity contribution is 5.94. The Morgan fingerprint density at radius 2 is 1.81 bits per heavy atom. The van der Waals surface area contributed by atoms with E-state index in [0.29, 0.717) is 31.5 Å². The minimum absolute atomic E-state index is 0.0283. The summed E-state index contributed by atoms with van der Waals surface area (Å²) in [4.78, 5) is 26.2. The predicted molar refractivity (Wildman–Crippen MR) is 98.7 cm³/mol. The van der Waals surface area contributed by atoms with E-state index in [2.05, 4.69) is 10.6 Å². The Balaban J connectivity index is 1.50. The first-order valence-corrected chi connectivity index (χ1v) is 8.71. The first-order valence-electron chi connectivity index (χ1n) is 8.71. The topological polar surface area (TPSA) is 61.4 Å². The van der Waals surface area contributed by atoms with Crippen LogP contribution in [0.4, 0.5) is 14.9 Å². The SMILES string of the molecule is Cc1cccc(C(=O)NC2CCN(C(=O)Nc3ccccc3F)CC2)c1. The molecule has 3 rings (SSSR count). The van der Waals surface area contributed by atoms with Gasteiger partial charge in [0.05, 0.1) is 5.69 Å². The second-order valence-electron chi connectivity index (χ2n) is 6.51. The number of anilines is 1. The van der Waals surface area contributed by atoms with E-state index in [1.54, 1.807) is 23.1 Å². The van der Waals surface area contributed by atoms with E-state index in [9.17, 15) is 14.0 Å². The Morgan fingerprint density at radius 1 is 1.08 bits per heavy atom. The highest BCUT2D eigenvalue weighted by Gasteiger charge is 2.24. The zero-order chi connectivity index (χ0) is 18.5. The number of urea groups is 1. The molecule has 6 heteroatoms. The number of halogens is 1. The van der Waals surface area contributed by atoms with Gasteiger partial charge in [0.25, 0.3) is 5.91 Å². The monoisotopic (exact) mass is 355 g/mol. The van der Waals surface area contributed by atoms with Crippen LogP contribution in [-0.4, -0.2) is 36.0 Å². The van der Waals surface area contributed by atoms with Gasteiger partial charge in [-0.25, -0.2) is 9.18 Å². The third kappa shape index (κ3) is 4.39. The summed E-state index contributed by atoms with van der Waals surface area (Å²) in [7, 11) is 0. The van der Waals surface area contributed by atoms with Crippen LogP contribution in [0.3, 0.4) is 0 Å². The van der Waals surface area contributed by atoms with E-state index >= 15 is 0 Å². The number of para-hydroxylation sites is 1. The van der Waals surface area contributed by atoms with Gasteiger partial charge in [-0.3, -0.25) is 4.79 Å². The van der Waals surface area contributed by atoms with Gasteiger partial charge in [-0.05, 0) is 44.0 Å². The Bertz CT molecular complexity index is 801. The Hall–Kier alpha value is -2.89. The first kappa shape index (κ1) is 17.9. The van der Waals surface area contributed by atoms with Crippen LogP contribution in [0.2, 0.25) is 0 Å². The molecule has 0 saturated carbocycles. The maximum atomic E-state index is 13.6. The van der Waals surface area contributed by atoms with Crippen LogP contribution in [0.15, 0.2) is 48.5 Å². The number of carbonyl (C=O) groups excluding carboxylic acids is 2. The summed E-state index contributed by atoms with van der Waals surface area (Å²) in [6, 6.07) is 13.2. The van der Waals surface area contributed by atoms with Gasteiger partial charge in [0.15, 0.2) is 0 Å². The molecule has 0 unspecified atom stereocenters. The lowest BCUT2D eigenvalue weighted by Crippen LogP contribution is -2.47. The molecule has 1 heterocycles. The zero-order valence-electron chi connectivity index (χ0n) is 14.7. The molecule has 0 aliphatic carbocycles. The van der Waals surface area contributed by atoms with Crippen LogP contribution in [0.1, 0.15) is 28.8 Å². The van der Waals surface area contributed by atoms with Gasteiger partial charge in [-0.2, -0.15) is 0 Å². The second kappa shape index (κ2) is 7.99. The number of rotatable bonds is 3. The summed E-state index contributed by atoms with van der Waals surface area (Å²) < 4.78 is 13.6. The summed E-state index contributed by atoms with van der Waals surface area (Å²) in [6.07, 6.45) is 1.34. The molecule has 136 valence electrons. The molecule has 0 spiro atoms. The molecule has 2 N–H and O–H groups in total. The number of nitrogens with zero attached hydrogens (tertiary/aromatic N) is 1. The average molecular weight is 355 g/mol. The van der Waals surface area contributed by atoms with Crippen LogP contribution >= 0.6 is 0 Å². The first-order chi connectivity index (χ1) is 12.5. The van der Waals surface area contributed by atoms with Gasteiger partial charge in [0.2, 0.25) is 0 Å². The van der Waals surface area contributed by atoms with E-state index in [0.717, 1.165) is 5.56 Å². The Morgan fingerprint density at radius 3 is 2.50 bits per heavy atom. The van der Waals surface area contributed by atoms with Gasteiger partial charge in [-0.15, -0.1) is 0 Å². The number of hydrogen-bond donors (Lipinski definition) is 2. The molecule has 1 aliphatic rings. The fourth-order valence-corrected chi connectivity index (χ4v) is 3.04. The van der Waals surface area contributed by atoms with Crippen LogP contribution in [-0.2, 0) is 0 Å². The fraction of sp³-hybridized carbons (Fsp3) is 0.300. The standard InChI is InChI=1S/C20H22FN3O2/c1-14-5-4-6-15(13-14)19(25)22-16-9-11-24(12-10-16)20(26)23-18-8-3-2-7-17(18)21/h2-8,13,16H,9-12H2,1H3,(H,22,25)(H,23,26). The quantitative estimate of drug-likeness (QED) is 0.884. The second-order valence-corrected chi connectivity index (χ2v) is 6.51. The fourth-order valence-electron chi connectivity index (χ4n) is 3.04. The molecular formula is C20H22FN3O2. The Kier molecular flexibility index (Phi) is 5.51. The van der Waals surface area contributed by atoms with Gasteiger partial charge >= 0.3 is 6.03 Å². The summed E-state index contributed by atoms with van der Waals surface area (Å²) in [5.74, 6) is -0.552. The molecule has 26 heavy (non-hydrogen) atoms. The van der Waals surface area contributed by atoms with Crippen molar-refractivity contribution < 1.29 is 14.0 Å². The predicted octanol–water partition coefficient (Wildman–Crippen LogP) is 3.56. The number of piperidine rings is 1. The maximum Gasteiger partial charge on any atom is 0.321 e. The minimum atomic E-state index is -0.457. The number of hydrogen-bond acceptors (Lipinski definition) is 2. The van der Waals surface area contributed by atoms with Crippen molar-refractivity contribution in [2.24, 2.45) is 0 Å². The van der Waals surface area contributed by atoms with Gasteiger partial charge in [-0.1, -0.05) is 29.8 Å². The lowest BCUT2D eigenvalue weighted by Gasteiger charge is -2.32. The van der Waals surface area contributed by atoms with Crippen molar-refractivity contribution in [3.05, 3.63) is 65.5 Å². The number of amides is 3. The van der Waals surface area contributed by atoms with Crippen molar-refractivity contribution >= 4 is 17.6 Å². The van der Waals surface area contributed by atoms with E-state index in [4.69, 9.17) is 0 Å². The van der Waals surface area contributed by atoms with Crippen molar-refractivity contribution in [2.45, 2.75) is 25.8 Å². The summed E-state index contributed by atoms with van der Waals surface area (Å²) in [6.45, 7) is 2.97. The lowest BCUT2D eigenvalue weighted by molar-refractivity contribution is 0.0919. The van der Waals surface area contributed by atoms with Gasteiger partial charge in [0, 0.05) is 24.7 Å². The van der Waals surface area contributed by atoms with Gasteiger partial charge < -0.3 is 15.5 Å². The summed E-state index contributed by atoms with van der Waals surface area (Å²) in [5, 5.41) is 5.62. The van der Waals surface area contributed by atoms with Crippen molar-refractivity contribution in [3.8, 4) is 0 Å². The summed E-state index contributed by atoms with van der Waals surface area (Å²) in [5.41, 5.74) is 1.86. The molecule has 5 nitrogen and oxygen atoms in total. The molecule has 1 saturated heterocycles. The number of carbonyl (C=O) groups is 2. The molecule has 0 atom stereocenters. The third-order valence-electron chi connectivity index (χ3n) is 4.51. The third-order valence-corrected chi connectivity index (χ3v) is 4.51. The van der Waals surface area contributed by atoms with Crippen molar-refractivity contribution in [1.82, 2.24) is 10.2 Å². The molecular weight excluding hydrogens is 333 g/mol. The van der Waals surface area contributed by atoms with Crippen LogP contribution in [0.25, 0.3) is 0 Å². The van der Waals surface area contributed by atoms with E-state index in [-0.39, 0.29) is 23.7 Å². The Labute approximate surface area is 152 Å². The van der Waals surface area contributed by atoms with Crippen LogP contribution < -0.4 is 10.6 Å². The molecule has 2 aromatic carbocycles. The van der Waals surface area contributed by atoms with Crippen LogP contribution in [0.5, 0.6) is 0 Å². The molecule has 2 aromatic rings. The summed E-state index contributed by atoms with van der Waals surface area (Å²) >= 11 is 0. The van der Waals surface area contributed by atoms with Crippen molar-refractivity contribution in [1.29, 1.82) is 0 Å². The molecule has 0 aromatic heterocycles. The largest absolute Gasteiger partial charge is 0.349 e. The number of nitrogens with one attached hydrogen (secondary N) is 2. The maximum absolute atomic E-state index is 13.6. The molecule has 1 fully saturated rings. The van der Waals surface area contributed by atoms with Crippen molar-refractivity contribution in [3.63, 3.8) is 0 Å².